The Morgan fingerprint density at radius 1 is 1.00 bits per heavy atom. The first-order valence-electron chi connectivity index (χ1n) is 9.34. The SMILES string of the molecule is CC(C)(C)OC(=O)CCOc1cccc(C=CN2C(=O)c3ccccc3C2=O)c1. The van der Waals surface area contributed by atoms with Gasteiger partial charge in [-0.05, 0) is 56.7 Å². The van der Waals surface area contributed by atoms with E-state index in [1.807, 2.05) is 26.8 Å². The van der Waals surface area contributed by atoms with Crippen molar-refractivity contribution in [1.82, 2.24) is 4.90 Å². The molecule has 0 aromatic heterocycles. The van der Waals surface area contributed by atoms with Crippen LogP contribution in [0, 0.1) is 0 Å². The molecule has 6 nitrogen and oxygen atoms in total. The molecule has 3 rings (SSSR count). The van der Waals surface area contributed by atoms with Crippen LogP contribution in [0.4, 0.5) is 0 Å². The molecule has 0 N–H and O–H groups in total. The van der Waals surface area contributed by atoms with Crippen LogP contribution in [-0.2, 0) is 9.53 Å². The van der Waals surface area contributed by atoms with Crippen LogP contribution in [0.1, 0.15) is 53.5 Å². The second kappa shape index (κ2) is 8.31. The number of benzene rings is 2. The van der Waals surface area contributed by atoms with Gasteiger partial charge < -0.3 is 9.47 Å². The van der Waals surface area contributed by atoms with Gasteiger partial charge >= 0.3 is 5.97 Å². The van der Waals surface area contributed by atoms with Gasteiger partial charge in [0.15, 0.2) is 0 Å². The van der Waals surface area contributed by atoms with Crippen molar-refractivity contribution in [3.8, 4) is 5.75 Å². The third kappa shape index (κ3) is 5.10. The zero-order valence-electron chi connectivity index (χ0n) is 16.7. The molecule has 2 aromatic rings. The molecule has 1 heterocycles. The van der Waals surface area contributed by atoms with Gasteiger partial charge in [0.05, 0.1) is 24.2 Å². The van der Waals surface area contributed by atoms with Crippen molar-refractivity contribution in [3.05, 3.63) is 71.4 Å². The van der Waals surface area contributed by atoms with Gasteiger partial charge in [0, 0.05) is 6.20 Å². The Kier molecular flexibility index (Phi) is 5.82. The Morgan fingerprint density at radius 2 is 1.66 bits per heavy atom. The molecule has 0 spiro atoms. The number of rotatable bonds is 6. The lowest BCUT2D eigenvalue weighted by atomic mass is 10.1. The minimum absolute atomic E-state index is 0.145. The fourth-order valence-corrected chi connectivity index (χ4v) is 2.86. The monoisotopic (exact) mass is 393 g/mol. The van der Waals surface area contributed by atoms with Crippen molar-refractivity contribution >= 4 is 23.9 Å². The largest absolute Gasteiger partial charge is 0.493 e. The summed E-state index contributed by atoms with van der Waals surface area (Å²) in [6, 6.07) is 13.9. The van der Waals surface area contributed by atoms with Crippen molar-refractivity contribution in [2.24, 2.45) is 0 Å². The number of imide groups is 1. The molecule has 29 heavy (non-hydrogen) atoms. The van der Waals surface area contributed by atoms with E-state index in [0.29, 0.717) is 16.9 Å². The molecule has 1 aliphatic heterocycles. The predicted molar refractivity (Wildman–Crippen MR) is 108 cm³/mol. The van der Waals surface area contributed by atoms with Gasteiger partial charge in [0.1, 0.15) is 11.4 Å². The van der Waals surface area contributed by atoms with E-state index in [9.17, 15) is 14.4 Å². The van der Waals surface area contributed by atoms with Crippen LogP contribution in [-0.4, -0.2) is 34.9 Å². The molecule has 2 amide bonds. The molecular formula is C23H23NO5. The van der Waals surface area contributed by atoms with E-state index in [4.69, 9.17) is 9.47 Å². The highest BCUT2D eigenvalue weighted by Gasteiger charge is 2.33. The maximum Gasteiger partial charge on any atom is 0.309 e. The summed E-state index contributed by atoms with van der Waals surface area (Å²) in [5.74, 6) is -0.421. The van der Waals surface area contributed by atoms with Crippen LogP contribution >= 0.6 is 0 Å². The highest BCUT2D eigenvalue weighted by molar-refractivity contribution is 6.22. The molecule has 0 unspecified atom stereocenters. The van der Waals surface area contributed by atoms with Gasteiger partial charge in [-0.2, -0.15) is 0 Å². The molecule has 2 aromatic carbocycles. The Labute approximate surface area is 169 Å². The minimum atomic E-state index is -0.522. The van der Waals surface area contributed by atoms with Gasteiger partial charge in [-0.15, -0.1) is 0 Å². The van der Waals surface area contributed by atoms with E-state index in [2.05, 4.69) is 0 Å². The molecule has 0 saturated carbocycles. The van der Waals surface area contributed by atoms with E-state index >= 15 is 0 Å². The number of carbonyl (C=O) groups excluding carboxylic acids is 3. The number of nitrogens with zero attached hydrogens (tertiary/aromatic N) is 1. The lowest BCUT2D eigenvalue weighted by Crippen LogP contribution is -2.24. The summed E-state index contributed by atoms with van der Waals surface area (Å²) in [6.07, 6.45) is 3.28. The normalized spacial score (nSPS) is 13.7. The number of esters is 1. The minimum Gasteiger partial charge on any atom is -0.493 e. The fourth-order valence-electron chi connectivity index (χ4n) is 2.86. The molecule has 0 fully saturated rings. The average molecular weight is 393 g/mol. The van der Waals surface area contributed by atoms with E-state index < -0.39 is 5.60 Å². The highest BCUT2D eigenvalue weighted by atomic mass is 16.6. The van der Waals surface area contributed by atoms with Crippen LogP contribution in [0.2, 0.25) is 0 Å². The molecule has 6 heteroatoms. The smallest absolute Gasteiger partial charge is 0.309 e. The number of amides is 2. The summed E-state index contributed by atoms with van der Waals surface area (Å²) >= 11 is 0. The summed E-state index contributed by atoms with van der Waals surface area (Å²) in [7, 11) is 0. The third-order valence-electron chi connectivity index (χ3n) is 4.09. The first-order valence-corrected chi connectivity index (χ1v) is 9.34. The number of hydrogen-bond acceptors (Lipinski definition) is 5. The second-order valence-electron chi connectivity index (χ2n) is 7.60. The summed E-state index contributed by atoms with van der Waals surface area (Å²) in [6.45, 7) is 5.64. The van der Waals surface area contributed by atoms with E-state index in [0.717, 1.165) is 10.5 Å². The maximum atomic E-state index is 12.4. The van der Waals surface area contributed by atoms with Crippen LogP contribution < -0.4 is 4.74 Å². The van der Waals surface area contributed by atoms with Crippen LogP contribution in [0.15, 0.2) is 54.7 Å². The van der Waals surface area contributed by atoms with Crippen molar-refractivity contribution in [2.45, 2.75) is 32.8 Å². The first kappa shape index (κ1) is 20.3. The van der Waals surface area contributed by atoms with Crippen molar-refractivity contribution in [2.75, 3.05) is 6.61 Å². The van der Waals surface area contributed by atoms with Crippen molar-refractivity contribution in [3.63, 3.8) is 0 Å². The fraction of sp³-hybridized carbons (Fsp3) is 0.261. The maximum absolute atomic E-state index is 12.4. The molecule has 0 bridgehead atoms. The number of fused-ring (bicyclic) bond motifs is 1. The van der Waals surface area contributed by atoms with E-state index in [-0.39, 0.29) is 30.8 Å². The topological polar surface area (TPSA) is 72.9 Å². The number of ether oxygens (including phenoxy) is 2. The Hall–Kier alpha value is -3.41. The number of hydrogen-bond donors (Lipinski definition) is 0. The standard InChI is InChI=1S/C23H23NO5/c1-23(2,3)29-20(25)12-14-28-17-8-6-7-16(15-17)11-13-24-21(26)18-9-4-5-10-19(18)22(24)27/h4-11,13,15H,12,14H2,1-3H3. The molecular weight excluding hydrogens is 370 g/mol. The second-order valence-corrected chi connectivity index (χ2v) is 7.60. The van der Waals surface area contributed by atoms with Crippen molar-refractivity contribution < 1.29 is 23.9 Å². The molecule has 150 valence electrons. The zero-order chi connectivity index (χ0) is 21.0. The zero-order valence-corrected chi connectivity index (χ0v) is 16.7. The summed E-state index contributed by atoms with van der Waals surface area (Å²) in [4.78, 5) is 37.6. The average Bonchev–Trinajstić information content (AvgIpc) is 2.90. The van der Waals surface area contributed by atoms with Gasteiger partial charge in [-0.1, -0.05) is 24.3 Å². The van der Waals surface area contributed by atoms with Gasteiger partial charge in [-0.3, -0.25) is 14.4 Å². The molecule has 0 atom stereocenters. The molecule has 0 radical (unpaired) electrons. The highest BCUT2D eigenvalue weighted by Crippen LogP contribution is 2.23. The van der Waals surface area contributed by atoms with Crippen LogP contribution in [0.3, 0.4) is 0 Å². The summed E-state index contributed by atoms with van der Waals surface area (Å²) in [5.41, 5.74) is 1.05. The van der Waals surface area contributed by atoms with Gasteiger partial charge in [-0.25, -0.2) is 4.90 Å². The molecule has 0 saturated heterocycles. The molecule has 1 aliphatic rings. The Bertz CT molecular complexity index is 936. The first-order chi connectivity index (χ1) is 13.7. The summed E-state index contributed by atoms with van der Waals surface area (Å²) in [5, 5.41) is 0. The van der Waals surface area contributed by atoms with Crippen molar-refractivity contribution in [1.29, 1.82) is 0 Å². The van der Waals surface area contributed by atoms with Gasteiger partial charge in [0.25, 0.3) is 11.8 Å². The summed E-state index contributed by atoms with van der Waals surface area (Å²) < 4.78 is 10.9. The van der Waals surface area contributed by atoms with Crippen LogP contribution in [0.5, 0.6) is 5.75 Å². The molecule has 0 aliphatic carbocycles. The third-order valence-corrected chi connectivity index (χ3v) is 4.09. The lowest BCUT2D eigenvalue weighted by molar-refractivity contribution is -0.155. The lowest BCUT2D eigenvalue weighted by Gasteiger charge is -2.19. The Morgan fingerprint density at radius 3 is 2.28 bits per heavy atom. The Balaban J connectivity index is 1.60. The number of carbonyl (C=O) groups is 3. The predicted octanol–water partition coefficient (Wildman–Crippen LogP) is 4.06. The quantitative estimate of drug-likeness (QED) is 0.547. The van der Waals surface area contributed by atoms with Gasteiger partial charge in [0.2, 0.25) is 0 Å². The van der Waals surface area contributed by atoms with E-state index in [1.54, 1.807) is 48.5 Å². The van der Waals surface area contributed by atoms with Crippen LogP contribution in [0.25, 0.3) is 6.08 Å². The van der Waals surface area contributed by atoms with E-state index in [1.165, 1.54) is 6.20 Å².